The van der Waals surface area contributed by atoms with Crippen molar-refractivity contribution >= 4 is 17.2 Å². The van der Waals surface area contributed by atoms with Crippen LogP contribution in [0.1, 0.15) is 11.1 Å². The molecular weight excluding hydrogens is 342 g/mol. The van der Waals surface area contributed by atoms with E-state index in [1.165, 1.54) is 11.1 Å². The van der Waals surface area contributed by atoms with Crippen molar-refractivity contribution in [1.82, 2.24) is 15.0 Å². The molecule has 0 aliphatic carbocycles. The molecule has 2 aliphatic rings. The van der Waals surface area contributed by atoms with Gasteiger partial charge in [0.2, 0.25) is 0 Å². The zero-order valence-electron chi connectivity index (χ0n) is 14.9. The quantitative estimate of drug-likeness (QED) is 0.666. The number of ether oxygens (including phenoxy) is 1. The predicted octanol–water partition coefficient (Wildman–Crippen LogP) is 2.65. The van der Waals surface area contributed by atoms with Crippen molar-refractivity contribution in [2.75, 3.05) is 17.9 Å². The van der Waals surface area contributed by atoms with Crippen LogP contribution in [-0.2, 0) is 19.5 Å². The largest absolute Gasteiger partial charge is 0.497 e. The third-order valence-electron chi connectivity index (χ3n) is 5.08. The summed E-state index contributed by atoms with van der Waals surface area (Å²) in [5, 5.41) is 3.27. The number of hydrogen-bond acceptors (Lipinski definition) is 6. The second-order valence-corrected chi connectivity index (χ2v) is 6.71. The normalized spacial score (nSPS) is 14.0. The number of methoxy groups -OCH3 is 1. The van der Waals surface area contributed by atoms with E-state index in [-0.39, 0.29) is 5.69 Å². The molecule has 7 heteroatoms. The van der Waals surface area contributed by atoms with Gasteiger partial charge in [-0.25, -0.2) is 10.2 Å². The summed E-state index contributed by atoms with van der Waals surface area (Å²) in [5.74, 6) is 1.38. The Hall–Kier alpha value is -3.32. The van der Waals surface area contributed by atoms with Gasteiger partial charge in [0.05, 0.1) is 18.5 Å². The molecule has 0 unspecified atom stereocenters. The Morgan fingerprint density at radius 1 is 1.15 bits per heavy atom. The SMILES string of the molecule is COc1ccc2c(c1)CCn1c-2cc(Nc2ccc3c(c2)CNN3)nc1=O. The number of benzene rings is 2. The highest BCUT2D eigenvalue weighted by Gasteiger charge is 2.19. The lowest BCUT2D eigenvalue weighted by Gasteiger charge is -2.22. The molecule has 3 aromatic rings. The second kappa shape index (κ2) is 6.14. The molecule has 0 amide bonds. The van der Waals surface area contributed by atoms with Gasteiger partial charge in [0.15, 0.2) is 0 Å². The van der Waals surface area contributed by atoms with Crippen LogP contribution in [0.25, 0.3) is 11.3 Å². The van der Waals surface area contributed by atoms with Crippen molar-refractivity contribution in [2.45, 2.75) is 19.5 Å². The Morgan fingerprint density at radius 2 is 2.07 bits per heavy atom. The van der Waals surface area contributed by atoms with Gasteiger partial charge in [-0.15, -0.1) is 0 Å². The van der Waals surface area contributed by atoms with E-state index in [0.717, 1.165) is 41.3 Å². The first kappa shape index (κ1) is 15.9. The number of aryl methyl sites for hydroxylation is 1. The van der Waals surface area contributed by atoms with E-state index in [2.05, 4.69) is 27.2 Å². The maximum absolute atomic E-state index is 12.6. The van der Waals surface area contributed by atoms with Crippen molar-refractivity contribution in [3.8, 4) is 17.0 Å². The van der Waals surface area contributed by atoms with Crippen LogP contribution in [0.15, 0.2) is 47.3 Å². The summed E-state index contributed by atoms with van der Waals surface area (Å²) in [6, 6.07) is 13.9. The van der Waals surface area contributed by atoms with Crippen LogP contribution in [0.2, 0.25) is 0 Å². The molecule has 0 bridgehead atoms. The maximum Gasteiger partial charge on any atom is 0.350 e. The lowest BCUT2D eigenvalue weighted by atomic mass is 9.97. The number of nitrogens with one attached hydrogen (secondary N) is 3. The number of fused-ring (bicyclic) bond motifs is 4. The molecule has 0 saturated carbocycles. The van der Waals surface area contributed by atoms with E-state index in [4.69, 9.17) is 4.74 Å². The standard InChI is InChI=1S/C20H19N5O2/c1-27-15-3-4-16-12(9-15)6-7-25-18(16)10-19(23-20(25)26)22-14-2-5-17-13(8-14)11-21-24-17/h2-5,8-10,21,24H,6-7,11H2,1H3,(H,22,23,26). The van der Waals surface area contributed by atoms with E-state index in [0.29, 0.717) is 12.4 Å². The second-order valence-electron chi connectivity index (χ2n) is 6.71. The first-order valence-electron chi connectivity index (χ1n) is 8.89. The number of nitrogens with zero attached hydrogens (tertiary/aromatic N) is 2. The molecule has 2 aromatic carbocycles. The van der Waals surface area contributed by atoms with E-state index < -0.39 is 0 Å². The van der Waals surface area contributed by atoms with E-state index in [1.807, 2.05) is 36.4 Å². The van der Waals surface area contributed by atoms with Crippen LogP contribution in [0.5, 0.6) is 5.75 Å². The molecule has 0 atom stereocenters. The molecule has 0 radical (unpaired) electrons. The molecule has 3 N–H and O–H groups in total. The van der Waals surface area contributed by atoms with Gasteiger partial charge in [0.1, 0.15) is 11.6 Å². The molecule has 0 saturated heterocycles. The molecule has 5 rings (SSSR count). The topological polar surface area (TPSA) is 80.2 Å². The van der Waals surface area contributed by atoms with Gasteiger partial charge in [-0.2, -0.15) is 4.98 Å². The van der Waals surface area contributed by atoms with Crippen molar-refractivity contribution in [1.29, 1.82) is 0 Å². The fraction of sp³-hybridized carbons (Fsp3) is 0.200. The van der Waals surface area contributed by atoms with Gasteiger partial charge in [-0.3, -0.25) is 4.57 Å². The van der Waals surface area contributed by atoms with Gasteiger partial charge in [-0.1, -0.05) is 0 Å². The van der Waals surface area contributed by atoms with E-state index >= 15 is 0 Å². The minimum Gasteiger partial charge on any atom is -0.497 e. The Labute approximate surface area is 156 Å². The number of rotatable bonds is 3. The molecule has 2 aliphatic heterocycles. The summed E-state index contributed by atoms with van der Waals surface area (Å²) in [6.07, 6.45) is 0.790. The smallest absolute Gasteiger partial charge is 0.350 e. The summed E-state index contributed by atoms with van der Waals surface area (Å²) in [6.45, 7) is 1.39. The van der Waals surface area contributed by atoms with Crippen molar-refractivity contribution in [3.05, 3.63) is 64.1 Å². The van der Waals surface area contributed by atoms with Crippen molar-refractivity contribution in [3.63, 3.8) is 0 Å². The lowest BCUT2D eigenvalue weighted by molar-refractivity contribution is 0.414. The van der Waals surface area contributed by atoms with Gasteiger partial charge < -0.3 is 15.5 Å². The monoisotopic (exact) mass is 361 g/mol. The zero-order chi connectivity index (χ0) is 18.4. The average Bonchev–Trinajstić information content (AvgIpc) is 3.15. The highest BCUT2D eigenvalue weighted by molar-refractivity contribution is 5.71. The molecule has 0 spiro atoms. The maximum atomic E-state index is 12.6. The Kier molecular flexibility index (Phi) is 3.61. The first-order chi connectivity index (χ1) is 13.2. The molecule has 3 heterocycles. The summed E-state index contributed by atoms with van der Waals surface area (Å²) in [7, 11) is 1.66. The zero-order valence-corrected chi connectivity index (χ0v) is 14.9. The number of hydrazine groups is 1. The van der Waals surface area contributed by atoms with Crippen molar-refractivity contribution in [2.24, 2.45) is 0 Å². The number of aromatic nitrogens is 2. The highest BCUT2D eigenvalue weighted by atomic mass is 16.5. The van der Waals surface area contributed by atoms with E-state index in [1.54, 1.807) is 11.7 Å². The molecule has 0 fully saturated rings. The summed E-state index contributed by atoms with van der Waals surface area (Å²) in [5.41, 5.74) is 12.2. The molecule has 27 heavy (non-hydrogen) atoms. The van der Waals surface area contributed by atoms with Gasteiger partial charge >= 0.3 is 5.69 Å². The van der Waals surface area contributed by atoms with Gasteiger partial charge in [0.25, 0.3) is 0 Å². The van der Waals surface area contributed by atoms with Crippen LogP contribution in [0.4, 0.5) is 17.2 Å². The van der Waals surface area contributed by atoms with Gasteiger partial charge in [-0.05, 0) is 53.9 Å². The molecule has 7 nitrogen and oxygen atoms in total. The Balaban J connectivity index is 1.54. The third-order valence-corrected chi connectivity index (χ3v) is 5.08. The van der Waals surface area contributed by atoms with Crippen LogP contribution < -0.4 is 26.6 Å². The Morgan fingerprint density at radius 3 is 2.96 bits per heavy atom. The fourth-order valence-corrected chi connectivity index (χ4v) is 3.72. The lowest BCUT2D eigenvalue weighted by Crippen LogP contribution is -2.28. The van der Waals surface area contributed by atoms with E-state index in [9.17, 15) is 4.79 Å². The predicted molar refractivity (Wildman–Crippen MR) is 104 cm³/mol. The third kappa shape index (κ3) is 2.72. The van der Waals surface area contributed by atoms with Crippen molar-refractivity contribution < 1.29 is 4.74 Å². The summed E-state index contributed by atoms with van der Waals surface area (Å²) >= 11 is 0. The molecule has 136 valence electrons. The first-order valence-corrected chi connectivity index (χ1v) is 8.89. The minimum atomic E-state index is -0.235. The molecule has 1 aromatic heterocycles. The number of hydrogen-bond donors (Lipinski definition) is 3. The van der Waals surface area contributed by atoms with Gasteiger partial charge in [0, 0.05) is 30.4 Å². The fourth-order valence-electron chi connectivity index (χ4n) is 3.72. The Bertz CT molecular complexity index is 1110. The summed E-state index contributed by atoms with van der Waals surface area (Å²) in [4.78, 5) is 16.8. The van der Waals surface area contributed by atoms with Crippen LogP contribution >= 0.6 is 0 Å². The van der Waals surface area contributed by atoms with Crippen LogP contribution in [-0.4, -0.2) is 16.7 Å². The molecular formula is C20H19N5O2. The number of anilines is 3. The highest BCUT2D eigenvalue weighted by Crippen LogP contribution is 2.32. The summed E-state index contributed by atoms with van der Waals surface area (Å²) < 4.78 is 7.06. The van der Waals surface area contributed by atoms with Crippen LogP contribution in [0.3, 0.4) is 0 Å². The minimum absolute atomic E-state index is 0.235. The van der Waals surface area contributed by atoms with Crippen LogP contribution in [0, 0.1) is 0 Å². The average molecular weight is 361 g/mol.